The fraction of sp³-hybridized carbons (Fsp3) is 0.267. The van der Waals surface area contributed by atoms with Crippen LogP contribution < -0.4 is 4.74 Å². The van der Waals surface area contributed by atoms with E-state index in [4.69, 9.17) is 21.1 Å². The number of benzene rings is 1. The van der Waals surface area contributed by atoms with E-state index in [9.17, 15) is 4.79 Å². The summed E-state index contributed by atoms with van der Waals surface area (Å²) in [6, 6.07) is 6.98. The molecule has 0 radical (unpaired) electrons. The minimum atomic E-state index is -0.510. The van der Waals surface area contributed by atoms with Crippen LogP contribution in [-0.2, 0) is 14.4 Å². The molecule has 2 aromatic rings. The number of halogens is 1. The molecule has 1 heterocycles. The lowest BCUT2D eigenvalue weighted by Crippen LogP contribution is -2.18. The molecule has 0 amide bonds. The van der Waals surface area contributed by atoms with Crippen molar-refractivity contribution in [3.8, 4) is 5.75 Å². The van der Waals surface area contributed by atoms with Crippen LogP contribution in [0.4, 0.5) is 0 Å². The summed E-state index contributed by atoms with van der Waals surface area (Å²) >= 11 is 6.09. The number of pyridine rings is 1. The van der Waals surface area contributed by atoms with Crippen molar-refractivity contribution in [2.45, 2.75) is 6.92 Å². The molecule has 0 N–H and O–H groups in total. The van der Waals surface area contributed by atoms with E-state index in [0.29, 0.717) is 22.0 Å². The predicted molar refractivity (Wildman–Crippen MR) is 83.3 cm³/mol. The van der Waals surface area contributed by atoms with Crippen LogP contribution in [0.1, 0.15) is 6.92 Å². The molecular weight excluding hydrogens is 308 g/mol. The second kappa shape index (κ2) is 7.61. The van der Waals surface area contributed by atoms with Crippen LogP contribution in [-0.4, -0.2) is 37.0 Å². The molecule has 0 aliphatic carbocycles. The van der Waals surface area contributed by atoms with E-state index in [0.717, 1.165) is 5.39 Å². The number of ether oxygens (including phenoxy) is 2. The zero-order chi connectivity index (χ0) is 15.9. The zero-order valence-electron chi connectivity index (χ0n) is 12.2. The summed E-state index contributed by atoms with van der Waals surface area (Å²) in [5.74, 6) is -0.0380. The summed E-state index contributed by atoms with van der Waals surface area (Å²) in [5.41, 5.74) is 1.15. The topological polar surface area (TPSA) is 70.0 Å². The molecule has 1 aromatic carbocycles. The molecule has 1 aromatic heterocycles. The minimum Gasteiger partial charge on any atom is -0.480 e. The molecule has 2 rings (SSSR count). The van der Waals surface area contributed by atoms with Crippen molar-refractivity contribution < 1.29 is 19.1 Å². The molecule has 0 atom stereocenters. The molecule has 0 saturated heterocycles. The van der Waals surface area contributed by atoms with Crippen molar-refractivity contribution in [2.24, 2.45) is 5.16 Å². The lowest BCUT2D eigenvalue weighted by Gasteiger charge is -2.09. The number of aromatic nitrogens is 1. The largest absolute Gasteiger partial charge is 0.480 e. The summed E-state index contributed by atoms with van der Waals surface area (Å²) in [7, 11) is 1.42. The Morgan fingerprint density at radius 2 is 2.14 bits per heavy atom. The van der Waals surface area contributed by atoms with Crippen molar-refractivity contribution in [1.82, 2.24) is 4.98 Å². The van der Waals surface area contributed by atoms with Crippen LogP contribution in [0.15, 0.2) is 35.6 Å². The highest BCUT2D eigenvalue weighted by Gasteiger charge is 2.10. The Balaban J connectivity index is 1.99. The Hall–Kier alpha value is -2.34. The smallest absolute Gasteiger partial charge is 0.344 e. The SMILES string of the molecule is CON=C(C)COC(=O)COc1ccc(Cl)c2cccnc12. The van der Waals surface area contributed by atoms with Gasteiger partial charge in [-0.05, 0) is 31.2 Å². The lowest BCUT2D eigenvalue weighted by molar-refractivity contribution is -0.144. The number of fused-ring (bicyclic) bond motifs is 1. The average molecular weight is 323 g/mol. The Morgan fingerprint density at radius 3 is 2.91 bits per heavy atom. The fourth-order valence-electron chi connectivity index (χ4n) is 1.77. The van der Waals surface area contributed by atoms with Crippen molar-refractivity contribution in [3.63, 3.8) is 0 Å². The van der Waals surface area contributed by atoms with Gasteiger partial charge in [0.25, 0.3) is 0 Å². The van der Waals surface area contributed by atoms with Gasteiger partial charge in [-0.1, -0.05) is 16.8 Å². The lowest BCUT2D eigenvalue weighted by atomic mass is 10.2. The molecule has 116 valence electrons. The number of hydrogen-bond acceptors (Lipinski definition) is 6. The number of esters is 1. The highest BCUT2D eigenvalue weighted by molar-refractivity contribution is 6.35. The molecular formula is C15H15ClN2O4. The van der Waals surface area contributed by atoms with E-state index in [-0.39, 0.29) is 13.2 Å². The summed E-state index contributed by atoms with van der Waals surface area (Å²) in [4.78, 5) is 20.4. The molecule has 0 saturated carbocycles. The van der Waals surface area contributed by atoms with Crippen molar-refractivity contribution in [1.29, 1.82) is 0 Å². The van der Waals surface area contributed by atoms with Gasteiger partial charge in [-0.15, -0.1) is 0 Å². The Morgan fingerprint density at radius 1 is 1.32 bits per heavy atom. The van der Waals surface area contributed by atoms with E-state index in [2.05, 4.69) is 15.0 Å². The number of carbonyl (C=O) groups is 1. The maximum atomic E-state index is 11.6. The molecule has 0 aliphatic rings. The number of oxime groups is 1. The molecule has 0 fully saturated rings. The van der Waals surface area contributed by atoms with Crippen LogP contribution in [0.25, 0.3) is 10.9 Å². The third-order valence-corrected chi connectivity index (χ3v) is 3.04. The van der Waals surface area contributed by atoms with Gasteiger partial charge in [0.05, 0.1) is 10.7 Å². The standard InChI is InChI=1S/C15H15ClN2O4/c1-10(18-20-2)8-22-14(19)9-21-13-6-5-12(16)11-4-3-7-17-15(11)13/h3-7H,8-9H2,1-2H3. The fourth-order valence-corrected chi connectivity index (χ4v) is 1.99. The third kappa shape index (κ3) is 4.08. The minimum absolute atomic E-state index is 0.0512. The van der Waals surface area contributed by atoms with Gasteiger partial charge in [-0.2, -0.15) is 0 Å². The van der Waals surface area contributed by atoms with Crippen molar-refractivity contribution >= 4 is 34.2 Å². The number of nitrogens with zero attached hydrogens (tertiary/aromatic N) is 2. The first kappa shape index (κ1) is 16.0. The highest BCUT2D eigenvalue weighted by atomic mass is 35.5. The maximum absolute atomic E-state index is 11.6. The first-order valence-corrected chi connectivity index (χ1v) is 6.88. The Kier molecular flexibility index (Phi) is 5.55. The van der Waals surface area contributed by atoms with Gasteiger partial charge in [0, 0.05) is 11.6 Å². The van der Waals surface area contributed by atoms with Gasteiger partial charge in [-0.25, -0.2) is 4.79 Å². The van der Waals surface area contributed by atoms with Crippen molar-refractivity contribution in [3.05, 3.63) is 35.5 Å². The summed E-state index contributed by atoms with van der Waals surface area (Å²) < 4.78 is 10.5. The second-order valence-electron chi connectivity index (χ2n) is 4.40. The summed E-state index contributed by atoms with van der Waals surface area (Å²) in [6.07, 6.45) is 1.63. The van der Waals surface area contributed by atoms with E-state index < -0.39 is 5.97 Å². The van der Waals surface area contributed by atoms with Gasteiger partial charge < -0.3 is 14.3 Å². The molecule has 0 unspecified atom stereocenters. The molecule has 0 spiro atoms. The van der Waals surface area contributed by atoms with E-state index >= 15 is 0 Å². The van der Waals surface area contributed by atoms with E-state index in [1.807, 2.05) is 6.07 Å². The molecule has 0 aliphatic heterocycles. The molecule has 7 heteroatoms. The Bertz CT molecular complexity index is 703. The average Bonchev–Trinajstić information content (AvgIpc) is 2.53. The first-order valence-electron chi connectivity index (χ1n) is 6.50. The highest BCUT2D eigenvalue weighted by Crippen LogP contribution is 2.29. The predicted octanol–water partition coefficient (Wildman–Crippen LogP) is 2.83. The summed E-state index contributed by atoms with van der Waals surface area (Å²) in [5, 5.41) is 4.98. The van der Waals surface area contributed by atoms with Crippen LogP contribution in [0, 0.1) is 0 Å². The second-order valence-corrected chi connectivity index (χ2v) is 4.81. The quantitative estimate of drug-likeness (QED) is 0.464. The van der Waals surface area contributed by atoms with Gasteiger partial charge in [0.1, 0.15) is 25.0 Å². The zero-order valence-corrected chi connectivity index (χ0v) is 13.0. The number of carbonyl (C=O) groups excluding carboxylic acids is 1. The van der Waals surface area contributed by atoms with Gasteiger partial charge in [0.15, 0.2) is 6.61 Å². The Labute approximate surface area is 132 Å². The number of hydrogen-bond donors (Lipinski definition) is 0. The van der Waals surface area contributed by atoms with E-state index in [1.54, 1.807) is 31.3 Å². The molecule has 0 bridgehead atoms. The molecule has 22 heavy (non-hydrogen) atoms. The maximum Gasteiger partial charge on any atom is 0.344 e. The van der Waals surface area contributed by atoms with Crippen LogP contribution >= 0.6 is 11.6 Å². The normalized spacial score (nSPS) is 11.3. The van der Waals surface area contributed by atoms with Crippen LogP contribution in [0.5, 0.6) is 5.75 Å². The van der Waals surface area contributed by atoms with Gasteiger partial charge in [0.2, 0.25) is 0 Å². The van der Waals surface area contributed by atoms with Gasteiger partial charge in [-0.3, -0.25) is 4.98 Å². The number of rotatable bonds is 6. The van der Waals surface area contributed by atoms with Crippen molar-refractivity contribution in [2.75, 3.05) is 20.3 Å². The molecule has 6 nitrogen and oxygen atoms in total. The van der Waals surface area contributed by atoms with Crippen LogP contribution in [0.3, 0.4) is 0 Å². The van der Waals surface area contributed by atoms with Crippen LogP contribution in [0.2, 0.25) is 5.02 Å². The monoisotopic (exact) mass is 322 g/mol. The van der Waals surface area contributed by atoms with E-state index in [1.165, 1.54) is 7.11 Å². The first-order chi connectivity index (χ1) is 10.6. The third-order valence-electron chi connectivity index (χ3n) is 2.71. The summed E-state index contributed by atoms with van der Waals surface area (Å²) in [6.45, 7) is 1.51. The van der Waals surface area contributed by atoms with Gasteiger partial charge >= 0.3 is 5.97 Å².